The van der Waals surface area contributed by atoms with E-state index in [0.29, 0.717) is 27.2 Å². The lowest BCUT2D eigenvalue weighted by Gasteiger charge is -2.06. The van der Waals surface area contributed by atoms with E-state index in [1.165, 1.54) is 13.1 Å². The number of carbonyl (C=O) groups excluding carboxylic acids is 1. The number of aromatic nitrogens is 1. The fourth-order valence-electron chi connectivity index (χ4n) is 1.32. The molecule has 92 valence electrons. The first-order chi connectivity index (χ1) is 8.56. The summed E-state index contributed by atoms with van der Waals surface area (Å²) in [6, 6.07) is 8.18. The Morgan fingerprint density at radius 1 is 1.22 bits per heavy atom. The molecule has 0 spiro atoms. The summed E-state index contributed by atoms with van der Waals surface area (Å²) >= 11 is 11.8. The van der Waals surface area contributed by atoms with Gasteiger partial charge in [-0.05, 0) is 31.2 Å². The summed E-state index contributed by atoms with van der Waals surface area (Å²) in [5, 5.41) is 0.937. The molecular weight excluding hydrogens is 273 g/mol. The molecule has 0 fully saturated rings. The van der Waals surface area contributed by atoms with Gasteiger partial charge < -0.3 is 4.74 Å². The van der Waals surface area contributed by atoms with Crippen LogP contribution in [0, 0.1) is 0 Å². The Bertz CT molecular complexity index is 582. The van der Waals surface area contributed by atoms with E-state index in [-0.39, 0.29) is 5.78 Å². The molecule has 2 rings (SSSR count). The summed E-state index contributed by atoms with van der Waals surface area (Å²) in [6.07, 6.45) is 1.46. The van der Waals surface area contributed by atoms with Gasteiger partial charge >= 0.3 is 0 Å². The van der Waals surface area contributed by atoms with Crippen LogP contribution in [0.1, 0.15) is 17.3 Å². The van der Waals surface area contributed by atoms with Gasteiger partial charge in [0.2, 0.25) is 5.88 Å². The molecule has 18 heavy (non-hydrogen) atoms. The number of carbonyl (C=O) groups is 1. The Balaban J connectivity index is 2.21. The van der Waals surface area contributed by atoms with Crippen LogP contribution in [-0.4, -0.2) is 10.8 Å². The van der Waals surface area contributed by atoms with Gasteiger partial charge in [-0.1, -0.05) is 23.2 Å². The molecule has 0 aliphatic carbocycles. The van der Waals surface area contributed by atoms with Crippen LogP contribution >= 0.6 is 23.2 Å². The van der Waals surface area contributed by atoms with Crippen LogP contribution in [0.3, 0.4) is 0 Å². The number of ketones is 1. The fraction of sp³-hybridized carbons (Fsp3) is 0.0769. The first-order valence-corrected chi connectivity index (χ1v) is 5.92. The van der Waals surface area contributed by atoms with Crippen molar-refractivity contribution in [3.05, 3.63) is 52.1 Å². The molecule has 1 aromatic carbocycles. The fourth-order valence-corrected chi connectivity index (χ4v) is 1.77. The van der Waals surface area contributed by atoms with Crippen LogP contribution in [0.4, 0.5) is 0 Å². The van der Waals surface area contributed by atoms with E-state index in [4.69, 9.17) is 27.9 Å². The monoisotopic (exact) mass is 281 g/mol. The smallest absolute Gasteiger partial charge is 0.219 e. The number of hydrogen-bond donors (Lipinski definition) is 0. The minimum atomic E-state index is -0.0430. The third-order valence-corrected chi connectivity index (χ3v) is 2.78. The van der Waals surface area contributed by atoms with E-state index < -0.39 is 0 Å². The van der Waals surface area contributed by atoms with E-state index in [1.807, 2.05) is 0 Å². The van der Waals surface area contributed by atoms with Crippen molar-refractivity contribution < 1.29 is 9.53 Å². The minimum Gasteiger partial charge on any atom is -0.437 e. The summed E-state index contributed by atoms with van der Waals surface area (Å²) in [5.74, 6) is 0.784. The number of Topliss-reactive ketones (excluding diaryl/α,β-unsaturated/α-hetero) is 1. The second kappa shape index (κ2) is 5.38. The quantitative estimate of drug-likeness (QED) is 0.784. The Labute approximate surface area is 114 Å². The molecule has 5 heteroatoms. The molecule has 0 saturated carbocycles. The molecule has 0 aliphatic heterocycles. The zero-order valence-corrected chi connectivity index (χ0v) is 11.0. The van der Waals surface area contributed by atoms with E-state index in [0.717, 1.165) is 0 Å². The normalized spacial score (nSPS) is 10.2. The summed E-state index contributed by atoms with van der Waals surface area (Å²) in [7, 11) is 0. The molecule has 3 nitrogen and oxygen atoms in total. The first-order valence-electron chi connectivity index (χ1n) is 5.16. The number of hydrogen-bond acceptors (Lipinski definition) is 3. The summed E-state index contributed by atoms with van der Waals surface area (Å²) in [4.78, 5) is 15.1. The maximum Gasteiger partial charge on any atom is 0.219 e. The van der Waals surface area contributed by atoms with Gasteiger partial charge in [0.1, 0.15) is 5.75 Å². The lowest BCUT2D eigenvalue weighted by molar-refractivity contribution is 0.101. The second-order valence-corrected chi connectivity index (χ2v) is 4.46. The number of nitrogens with zero attached hydrogens (tertiary/aromatic N) is 1. The zero-order chi connectivity index (χ0) is 13.1. The third-order valence-electron chi connectivity index (χ3n) is 2.25. The maximum atomic E-state index is 11.1. The Hall–Kier alpha value is -1.58. The van der Waals surface area contributed by atoms with Crippen LogP contribution in [0.5, 0.6) is 11.6 Å². The number of rotatable bonds is 3. The summed E-state index contributed by atoms with van der Waals surface area (Å²) in [6.45, 7) is 1.48. The topological polar surface area (TPSA) is 39.2 Å². The van der Waals surface area contributed by atoms with Crippen molar-refractivity contribution in [1.82, 2.24) is 4.98 Å². The first kappa shape index (κ1) is 12.9. The van der Waals surface area contributed by atoms with Crippen LogP contribution in [0.2, 0.25) is 10.0 Å². The van der Waals surface area contributed by atoms with Crippen LogP contribution in [-0.2, 0) is 0 Å². The molecular formula is C13H9Cl2NO2. The molecule has 0 bridgehead atoms. The van der Waals surface area contributed by atoms with Gasteiger partial charge in [-0.2, -0.15) is 0 Å². The molecule has 0 unspecified atom stereocenters. The van der Waals surface area contributed by atoms with E-state index in [1.54, 1.807) is 30.3 Å². The van der Waals surface area contributed by atoms with Gasteiger partial charge in [-0.3, -0.25) is 4.79 Å². The van der Waals surface area contributed by atoms with E-state index in [2.05, 4.69) is 4.98 Å². The van der Waals surface area contributed by atoms with Gasteiger partial charge in [-0.15, -0.1) is 0 Å². The summed E-state index contributed by atoms with van der Waals surface area (Å²) < 4.78 is 5.49. The van der Waals surface area contributed by atoms with Crippen molar-refractivity contribution >= 4 is 29.0 Å². The average molecular weight is 282 g/mol. The predicted octanol–water partition coefficient (Wildman–Crippen LogP) is 4.38. The van der Waals surface area contributed by atoms with Crippen molar-refractivity contribution in [1.29, 1.82) is 0 Å². The number of pyridine rings is 1. The Kier molecular flexibility index (Phi) is 3.84. The highest BCUT2D eigenvalue weighted by Crippen LogP contribution is 2.30. The predicted molar refractivity (Wildman–Crippen MR) is 70.8 cm³/mol. The molecule has 0 radical (unpaired) electrons. The summed E-state index contributed by atoms with van der Waals surface area (Å²) in [5.41, 5.74) is 0.532. The molecule has 1 heterocycles. The zero-order valence-electron chi connectivity index (χ0n) is 9.48. The molecule has 1 aromatic heterocycles. The molecule has 0 aliphatic rings. The standard InChI is InChI=1S/C13H9Cl2NO2/c1-8(17)9-2-5-13(16-7-9)18-12-4-3-10(14)6-11(12)15/h2-7H,1H3. The lowest BCUT2D eigenvalue weighted by atomic mass is 10.2. The highest BCUT2D eigenvalue weighted by atomic mass is 35.5. The van der Waals surface area contributed by atoms with Gasteiger partial charge in [0, 0.05) is 22.8 Å². The highest BCUT2D eigenvalue weighted by Gasteiger charge is 2.06. The Morgan fingerprint density at radius 2 is 2.00 bits per heavy atom. The number of halogens is 2. The van der Waals surface area contributed by atoms with Crippen molar-refractivity contribution in [3.8, 4) is 11.6 Å². The lowest BCUT2D eigenvalue weighted by Crippen LogP contribution is -1.94. The maximum absolute atomic E-state index is 11.1. The van der Waals surface area contributed by atoms with Gasteiger partial charge in [-0.25, -0.2) is 4.98 Å². The number of ether oxygens (including phenoxy) is 1. The van der Waals surface area contributed by atoms with Crippen molar-refractivity contribution in [2.75, 3.05) is 0 Å². The van der Waals surface area contributed by atoms with E-state index in [9.17, 15) is 4.79 Å². The molecule has 0 atom stereocenters. The third kappa shape index (κ3) is 3.00. The van der Waals surface area contributed by atoms with Crippen LogP contribution in [0.25, 0.3) is 0 Å². The molecule has 0 amide bonds. The van der Waals surface area contributed by atoms with Crippen molar-refractivity contribution in [3.63, 3.8) is 0 Å². The van der Waals surface area contributed by atoms with E-state index >= 15 is 0 Å². The number of benzene rings is 1. The Morgan fingerprint density at radius 3 is 2.56 bits per heavy atom. The molecule has 0 saturated heterocycles. The van der Waals surface area contributed by atoms with Crippen molar-refractivity contribution in [2.24, 2.45) is 0 Å². The average Bonchev–Trinajstić information content (AvgIpc) is 2.33. The second-order valence-electron chi connectivity index (χ2n) is 3.62. The van der Waals surface area contributed by atoms with Gasteiger partial charge in [0.25, 0.3) is 0 Å². The van der Waals surface area contributed by atoms with Gasteiger partial charge in [0.05, 0.1) is 5.02 Å². The van der Waals surface area contributed by atoms with Crippen LogP contribution in [0.15, 0.2) is 36.5 Å². The SMILES string of the molecule is CC(=O)c1ccc(Oc2ccc(Cl)cc2Cl)nc1. The molecule has 0 N–H and O–H groups in total. The van der Waals surface area contributed by atoms with Crippen LogP contribution < -0.4 is 4.74 Å². The van der Waals surface area contributed by atoms with Gasteiger partial charge in [0.15, 0.2) is 5.78 Å². The minimum absolute atomic E-state index is 0.0430. The largest absolute Gasteiger partial charge is 0.437 e. The highest BCUT2D eigenvalue weighted by molar-refractivity contribution is 6.35. The molecule has 2 aromatic rings. The van der Waals surface area contributed by atoms with Crippen molar-refractivity contribution in [2.45, 2.75) is 6.92 Å².